The molecule has 0 unspecified atom stereocenters. The van der Waals surface area contributed by atoms with E-state index in [1.807, 2.05) is 24.2 Å². The van der Waals surface area contributed by atoms with Gasteiger partial charge in [0.15, 0.2) is 0 Å². The normalized spacial score (nSPS) is 17.9. The zero-order valence-electron chi connectivity index (χ0n) is 8.85. The van der Waals surface area contributed by atoms with Crippen molar-refractivity contribution in [3.05, 3.63) is 24.5 Å². The lowest BCUT2D eigenvalue weighted by Gasteiger charge is -2.26. The summed E-state index contributed by atoms with van der Waals surface area (Å²) in [5, 5.41) is 3.37. The lowest BCUT2D eigenvalue weighted by atomic mass is 10.4. The van der Waals surface area contributed by atoms with Crippen molar-refractivity contribution in [3.8, 4) is 0 Å². The van der Waals surface area contributed by atoms with Crippen LogP contribution in [0.2, 0.25) is 0 Å². The molecule has 1 aromatic heterocycles. The molecule has 0 bridgehead atoms. The molecule has 15 heavy (non-hydrogen) atoms. The minimum atomic E-state index is 1.14. The maximum absolute atomic E-state index is 4.01. The highest BCUT2D eigenvalue weighted by Gasteiger charge is 2.08. The zero-order valence-corrected chi connectivity index (χ0v) is 9.67. The average Bonchev–Trinajstić information content (AvgIpc) is 2.32. The molecule has 2 rings (SSSR count). The van der Waals surface area contributed by atoms with Gasteiger partial charge in [-0.1, -0.05) is 0 Å². The molecule has 0 aromatic carbocycles. The highest BCUT2D eigenvalue weighted by atomic mass is 32.2. The molecule has 1 N–H and O–H groups in total. The topological polar surface area (TPSA) is 28.2 Å². The number of thioether (sulfide) groups is 1. The van der Waals surface area contributed by atoms with Crippen molar-refractivity contribution >= 4 is 11.8 Å². The van der Waals surface area contributed by atoms with Gasteiger partial charge in [0.05, 0.1) is 0 Å². The van der Waals surface area contributed by atoms with Crippen molar-refractivity contribution in [2.75, 3.05) is 38.5 Å². The molecule has 1 aromatic rings. The van der Waals surface area contributed by atoms with Crippen LogP contribution in [0.15, 0.2) is 29.4 Å². The van der Waals surface area contributed by atoms with Crippen LogP contribution in [0.1, 0.15) is 0 Å². The first-order valence-electron chi connectivity index (χ1n) is 5.41. The number of hydrogen-bond acceptors (Lipinski definition) is 4. The Morgan fingerprint density at radius 2 is 2.00 bits per heavy atom. The van der Waals surface area contributed by atoms with Crippen molar-refractivity contribution in [2.24, 2.45) is 0 Å². The van der Waals surface area contributed by atoms with Crippen molar-refractivity contribution in [1.82, 2.24) is 15.2 Å². The van der Waals surface area contributed by atoms with Crippen LogP contribution in [-0.2, 0) is 0 Å². The number of piperazine rings is 1. The number of hydrogen-bond donors (Lipinski definition) is 1. The predicted molar refractivity (Wildman–Crippen MR) is 64.3 cm³/mol. The Morgan fingerprint density at radius 1 is 1.27 bits per heavy atom. The van der Waals surface area contributed by atoms with E-state index >= 15 is 0 Å². The molecular formula is C11H17N3S. The van der Waals surface area contributed by atoms with Crippen molar-refractivity contribution in [2.45, 2.75) is 4.90 Å². The molecule has 1 fully saturated rings. The van der Waals surface area contributed by atoms with Crippen LogP contribution in [-0.4, -0.2) is 48.4 Å². The molecular weight excluding hydrogens is 206 g/mol. The Kier molecular flexibility index (Phi) is 4.44. The van der Waals surface area contributed by atoms with Gasteiger partial charge in [-0.3, -0.25) is 9.88 Å². The van der Waals surface area contributed by atoms with Gasteiger partial charge < -0.3 is 5.32 Å². The van der Waals surface area contributed by atoms with Gasteiger partial charge in [0.2, 0.25) is 0 Å². The molecule has 1 aliphatic heterocycles. The number of aromatic nitrogens is 1. The van der Waals surface area contributed by atoms with Gasteiger partial charge in [0.25, 0.3) is 0 Å². The zero-order chi connectivity index (χ0) is 10.3. The van der Waals surface area contributed by atoms with E-state index in [0.29, 0.717) is 0 Å². The number of nitrogens with zero attached hydrogens (tertiary/aromatic N) is 2. The van der Waals surface area contributed by atoms with Crippen molar-refractivity contribution < 1.29 is 0 Å². The summed E-state index contributed by atoms with van der Waals surface area (Å²) in [4.78, 5) is 7.85. The third-order valence-corrected chi connectivity index (χ3v) is 3.53. The molecule has 0 amide bonds. The maximum Gasteiger partial charge on any atom is 0.0278 e. The summed E-state index contributed by atoms with van der Waals surface area (Å²) in [6, 6.07) is 4.14. The fraction of sp³-hybridized carbons (Fsp3) is 0.545. The van der Waals surface area contributed by atoms with Gasteiger partial charge in [0.1, 0.15) is 0 Å². The average molecular weight is 223 g/mol. The summed E-state index contributed by atoms with van der Waals surface area (Å²) in [5.41, 5.74) is 0. The van der Waals surface area contributed by atoms with Gasteiger partial charge in [-0.2, -0.15) is 0 Å². The van der Waals surface area contributed by atoms with E-state index in [9.17, 15) is 0 Å². The van der Waals surface area contributed by atoms with E-state index in [1.165, 1.54) is 30.3 Å². The molecule has 0 radical (unpaired) electrons. The van der Waals surface area contributed by atoms with Crippen LogP contribution in [0, 0.1) is 0 Å². The van der Waals surface area contributed by atoms with Crippen molar-refractivity contribution in [1.29, 1.82) is 0 Å². The van der Waals surface area contributed by atoms with Gasteiger partial charge in [0, 0.05) is 55.8 Å². The molecule has 4 heteroatoms. The summed E-state index contributed by atoms with van der Waals surface area (Å²) in [5.74, 6) is 1.17. The molecule has 0 aliphatic carbocycles. The Balaban J connectivity index is 1.66. The quantitative estimate of drug-likeness (QED) is 0.773. The Hall–Kier alpha value is -0.580. The minimum Gasteiger partial charge on any atom is -0.314 e. The molecule has 0 atom stereocenters. The fourth-order valence-corrected chi connectivity index (χ4v) is 2.56. The molecule has 0 spiro atoms. The third-order valence-electron chi connectivity index (χ3n) is 2.54. The lowest BCUT2D eigenvalue weighted by Crippen LogP contribution is -2.44. The van der Waals surface area contributed by atoms with Crippen LogP contribution in [0.3, 0.4) is 0 Å². The van der Waals surface area contributed by atoms with E-state index in [2.05, 4.69) is 27.3 Å². The van der Waals surface area contributed by atoms with Crippen molar-refractivity contribution in [3.63, 3.8) is 0 Å². The van der Waals surface area contributed by atoms with E-state index < -0.39 is 0 Å². The van der Waals surface area contributed by atoms with E-state index in [4.69, 9.17) is 0 Å². The van der Waals surface area contributed by atoms with Crippen LogP contribution < -0.4 is 5.32 Å². The van der Waals surface area contributed by atoms with E-state index in [0.717, 1.165) is 13.1 Å². The van der Waals surface area contributed by atoms with Crippen LogP contribution in [0.25, 0.3) is 0 Å². The predicted octanol–water partition coefficient (Wildman–Crippen LogP) is 1.08. The van der Waals surface area contributed by atoms with Crippen LogP contribution in [0.5, 0.6) is 0 Å². The largest absolute Gasteiger partial charge is 0.314 e. The summed E-state index contributed by atoms with van der Waals surface area (Å²) >= 11 is 1.91. The SMILES string of the molecule is c1cc(SCCN2CCNCC2)ccn1. The highest BCUT2D eigenvalue weighted by molar-refractivity contribution is 7.99. The number of nitrogens with one attached hydrogen (secondary N) is 1. The first kappa shape index (κ1) is 10.9. The van der Waals surface area contributed by atoms with Crippen LogP contribution in [0.4, 0.5) is 0 Å². The first-order valence-corrected chi connectivity index (χ1v) is 6.39. The maximum atomic E-state index is 4.01. The molecule has 3 nitrogen and oxygen atoms in total. The van der Waals surface area contributed by atoms with Crippen LogP contribution >= 0.6 is 11.8 Å². The second-order valence-electron chi connectivity index (χ2n) is 3.62. The summed E-state index contributed by atoms with van der Waals surface area (Å²) in [7, 11) is 0. The Labute approximate surface area is 95.3 Å². The minimum absolute atomic E-state index is 1.14. The molecule has 1 saturated heterocycles. The second-order valence-corrected chi connectivity index (χ2v) is 4.79. The fourth-order valence-electron chi connectivity index (χ4n) is 1.66. The van der Waals surface area contributed by atoms with Gasteiger partial charge in [-0.15, -0.1) is 11.8 Å². The number of pyridine rings is 1. The summed E-state index contributed by atoms with van der Waals surface area (Å²) in [6.07, 6.45) is 3.71. The van der Waals surface area contributed by atoms with E-state index in [-0.39, 0.29) is 0 Å². The third kappa shape index (κ3) is 3.81. The van der Waals surface area contributed by atoms with Gasteiger partial charge >= 0.3 is 0 Å². The van der Waals surface area contributed by atoms with Gasteiger partial charge in [-0.25, -0.2) is 0 Å². The molecule has 1 aliphatic rings. The first-order chi connectivity index (χ1) is 7.45. The lowest BCUT2D eigenvalue weighted by molar-refractivity contribution is 0.255. The monoisotopic (exact) mass is 223 g/mol. The summed E-state index contributed by atoms with van der Waals surface area (Å²) in [6.45, 7) is 5.85. The molecule has 82 valence electrons. The summed E-state index contributed by atoms with van der Waals surface area (Å²) < 4.78 is 0. The highest BCUT2D eigenvalue weighted by Crippen LogP contribution is 2.15. The molecule has 0 saturated carbocycles. The Bertz CT molecular complexity index is 272. The second kappa shape index (κ2) is 6.10. The van der Waals surface area contributed by atoms with E-state index in [1.54, 1.807) is 0 Å². The standard InChI is InChI=1S/C11H17N3S/c1-3-12-4-2-11(1)15-10-9-14-7-5-13-6-8-14/h1-4,13H,5-10H2. The Morgan fingerprint density at radius 3 is 2.73 bits per heavy atom. The number of rotatable bonds is 4. The smallest absolute Gasteiger partial charge is 0.0278 e. The molecule has 2 heterocycles. The van der Waals surface area contributed by atoms with Gasteiger partial charge in [-0.05, 0) is 12.1 Å².